The Hall–Kier alpha value is -1.86. The van der Waals surface area contributed by atoms with Gasteiger partial charge < -0.3 is 5.32 Å². The molecule has 1 aromatic rings. The van der Waals surface area contributed by atoms with Crippen LogP contribution in [0, 0.1) is 5.92 Å². The first-order valence-electron chi connectivity index (χ1n) is 10.0. The number of nitrogens with zero attached hydrogens (tertiary/aromatic N) is 2. The molecule has 0 radical (unpaired) electrons. The van der Waals surface area contributed by atoms with Crippen molar-refractivity contribution in [2.24, 2.45) is 5.92 Å². The molecule has 1 amide bonds. The van der Waals surface area contributed by atoms with Crippen molar-refractivity contribution in [1.29, 1.82) is 0 Å². The number of hydrogen-bond donors (Lipinski definition) is 1. The molecule has 2 saturated heterocycles. The third-order valence-corrected chi connectivity index (χ3v) is 7.55. The predicted octanol–water partition coefficient (Wildman–Crippen LogP) is 2.86. The summed E-state index contributed by atoms with van der Waals surface area (Å²) >= 11 is 0. The van der Waals surface area contributed by atoms with Crippen molar-refractivity contribution in [3.05, 3.63) is 29.8 Å². The first kappa shape index (κ1) is 24.8. The molecule has 2 aliphatic heterocycles. The molecule has 2 unspecified atom stereocenters. The van der Waals surface area contributed by atoms with Crippen molar-refractivity contribution < 1.29 is 39.6 Å². The molecule has 32 heavy (non-hydrogen) atoms. The average molecular weight is 487 g/mol. The van der Waals surface area contributed by atoms with E-state index in [0.717, 1.165) is 22.5 Å². The van der Waals surface area contributed by atoms with E-state index in [1.165, 1.54) is 0 Å². The van der Waals surface area contributed by atoms with Gasteiger partial charge in [0, 0.05) is 45.2 Å². The van der Waals surface area contributed by atoms with Crippen LogP contribution in [0.4, 0.5) is 26.3 Å². The Labute approximate surface area is 181 Å². The van der Waals surface area contributed by atoms with Crippen molar-refractivity contribution >= 4 is 15.9 Å². The summed E-state index contributed by atoms with van der Waals surface area (Å²) in [5.41, 5.74) is -1.06. The summed E-state index contributed by atoms with van der Waals surface area (Å²) in [4.78, 5) is 13.8. The molecule has 2 heterocycles. The minimum Gasteiger partial charge on any atom is -0.356 e. The van der Waals surface area contributed by atoms with E-state index >= 15 is 0 Å². The van der Waals surface area contributed by atoms with Crippen molar-refractivity contribution in [3.8, 4) is 0 Å². The number of fused-ring (bicyclic) bond motifs is 1. The lowest BCUT2D eigenvalue weighted by Crippen LogP contribution is -2.51. The van der Waals surface area contributed by atoms with Gasteiger partial charge in [-0.1, -0.05) is 6.07 Å². The highest BCUT2D eigenvalue weighted by atomic mass is 32.2. The third-order valence-electron chi connectivity index (χ3n) is 5.69. The van der Waals surface area contributed by atoms with Gasteiger partial charge in [0.25, 0.3) is 0 Å². The Morgan fingerprint density at radius 3 is 2.47 bits per heavy atom. The minimum atomic E-state index is -4.67. The van der Waals surface area contributed by atoms with Crippen LogP contribution in [-0.4, -0.2) is 68.5 Å². The number of rotatable bonds is 6. The second-order valence-corrected chi connectivity index (χ2v) is 9.92. The Balaban J connectivity index is 1.59. The number of amides is 1. The van der Waals surface area contributed by atoms with Gasteiger partial charge in [-0.05, 0) is 31.0 Å². The largest absolute Gasteiger partial charge is 0.416 e. The molecule has 13 heteroatoms. The first-order valence-corrected chi connectivity index (χ1v) is 11.5. The summed E-state index contributed by atoms with van der Waals surface area (Å²) < 4.78 is 102. The second kappa shape index (κ2) is 9.18. The van der Waals surface area contributed by atoms with E-state index in [0.29, 0.717) is 25.6 Å². The van der Waals surface area contributed by atoms with Crippen molar-refractivity contribution in [1.82, 2.24) is 14.5 Å². The Morgan fingerprint density at radius 1 is 1.09 bits per heavy atom. The van der Waals surface area contributed by atoms with Crippen LogP contribution in [0.2, 0.25) is 0 Å². The summed E-state index contributed by atoms with van der Waals surface area (Å²) in [6, 6.07) is 3.26. The average Bonchev–Trinajstić information content (AvgIpc) is 3.13. The summed E-state index contributed by atoms with van der Waals surface area (Å²) in [5.74, 6) is -0.865. The fraction of sp³-hybridized carbons (Fsp3) is 0.632. The molecule has 0 bridgehead atoms. The maximum absolute atomic E-state index is 13.0. The number of carbonyl (C=O) groups is 1. The minimum absolute atomic E-state index is 0.0242. The predicted molar refractivity (Wildman–Crippen MR) is 102 cm³/mol. The monoisotopic (exact) mass is 487 g/mol. The molecule has 0 aromatic heterocycles. The van der Waals surface area contributed by atoms with Gasteiger partial charge >= 0.3 is 12.4 Å². The van der Waals surface area contributed by atoms with Crippen LogP contribution < -0.4 is 5.32 Å². The fourth-order valence-corrected chi connectivity index (χ4v) is 5.56. The molecule has 2 aliphatic rings. The van der Waals surface area contributed by atoms with Crippen molar-refractivity contribution in [2.45, 2.75) is 42.6 Å². The number of halogens is 6. The number of benzene rings is 1. The van der Waals surface area contributed by atoms with E-state index < -0.39 is 45.2 Å². The van der Waals surface area contributed by atoms with E-state index in [1.54, 1.807) is 0 Å². The standard InChI is InChI=1S/C19H23F6N3O3S/c20-18(21,22)5-2-6-26-17(29)13-9-15-12-28(8-7-27(15)11-13)32(30,31)16-4-1-3-14(10-16)19(23,24)25/h1,3-4,10,13,15H,2,5-9,11-12H2,(H,26,29). The van der Waals surface area contributed by atoms with Gasteiger partial charge in [-0.25, -0.2) is 8.42 Å². The lowest BCUT2D eigenvalue weighted by molar-refractivity contribution is -0.138. The lowest BCUT2D eigenvalue weighted by Gasteiger charge is -2.36. The van der Waals surface area contributed by atoms with Crippen LogP contribution in [0.5, 0.6) is 0 Å². The third kappa shape index (κ3) is 5.93. The second-order valence-electron chi connectivity index (χ2n) is 7.98. The van der Waals surface area contributed by atoms with Crippen LogP contribution in [-0.2, 0) is 21.0 Å². The van der Waals surface area contributed by atoms with Gasteiger partial charge in [0.2, 0.25) is 15.9 Å². The highest BCUT2D eigenvalue weighted by Crippen LogP contribution is 2.33. The number of piperazine rings is 1. The zero-order chi connectivity index (χ0) is 23.7. The van der Waals surface area contributed by atoms with Crippen LogP contribution >= 0.6 is 0 Å². The molecule has 1 aromatic carbocycles. The molecule has 3 rings (SSSR count). The highest BCUT2D eigenvalue weighted by Gasteiger charge is 2.42. The van der Waals surface area contributed by atoms with E-state index in [4.69, 9.17) is 0 Å². The quantitative estimate of drug-likeness (QED) is 0.495. The maximum atomic E-state index is 13.0. The summed E-state index contributed by atoms with van der Waals surface area (Å²) in [6.45, 7) is 0.648. The molecule has 0 spiro atoms. The molecular formula is C19H23F6N3O3S. The van der Waals surface area contributed by atoms with E-state index in [-0.39, 0.29) is 38.0 Å². The molecule has 2 fully saturated rings. The lowest BCUT2D eigenvalue weighted by atomic mass is 10.0. The van der Waals surface area contributed by atoms with Gasteiger partial charge in [-0.15, -0.1) is 0 Å². The van der Waals surface area contributed by atoms with Gasteiger partial charge in [0.05, 0.1) is 16.4 Å². The molecule has 1 N–H and O–H groups in total. The molecule has 2 atom stereocenters. The van der Waals surface area contributed by atoms with Crippen LogP contribution in [0.25, 0.3) is 0 Å². The van der Waals surface area contributed by atoms with Gasteiger partial charge in [0.1, 0.15) is 0 Å². The first-order chi connectivity index (χ1) is 14.8. The Kier molecular flexibility index (Phi) is 7.11. The van der Waals surface area contributed by atoms with Gasteiger partial charge in [-0.3, -0.25) is 9.69 Å². The Bertz CT molecular complexity index is 935. The van der Waals surface area contributed by atoms with E-state index in [1.807, 2.05) is 4.90 Å². The topological polar surface area (TPSA) is 69.7 Å². The zero-order valence-corrected chi connectivity index (χ0v) is 17.7. The molecular weight excluding hydrogens is 464 g/mol. The van der Waals surface area contributed by atoms with E-state index in [9.17, 15) is 39.6 Å². The van der Waals surface area contributed by atoms with Gasteiger partial charge in [-0.2, -0.15) is 30.6 Å². The van der Waals surface area contributed by atoms with E-state index in [2.05, 4.69) is 5.32 Å². The zero-order valence-electron chi connectivity index (χ0n) is 16.9. The number of nitrogens with one attached hydrogen (secondary N) is 1. The van der Waals surface area contributed by atoms with Crippen molar-refractivity contribution in [2.75, 3.05) is 32.7 Å². The number of hydrogen-bond acceptors (Lipinski definition) is 4. The summed E-state index contributed by atoms with van der Waals surface area (Å²) in [6.07, 6.45) is -9.85. The molecule has 0 aliphatic carbocycles. The summed E-state index contributed by atoms with van der Waals surface area (Å²) in [5, 5.41) is 2.49. The number of sulfonamides is 1. The normalized spacial score (nSPS) is 23.2. The highest BCUT2D eigenvalue weighted by molar-refractivity contribution is 7.89. The summed E-state index contributed by atoms with van der Waals surface area (Å²) in [7, 11) is -4.15. The maximum Gasteiger partial charge on any atom is 0.416 e. The van der Waals surface area contributed by atoms with Gasteiger partial charge in [0.15, 0.2) is 0 Å². The molecule has 0 saturated carbocycles. The SMILES string of the molecule is O=C(NCCCC(F)(F)F)C1CC2CN(S(=O)(=O)c3cccc(C(F)(F)F)c3)CCN2C1. The smallest absolute Gasteiger partial charge is 0.356 e. The Morgan fingerprint density at radius 2 is 1.81 bits per heavy atom. The number of carbonyl (C=O) groups excluding carboxylic acids is 1. The molecule has 180 valence electrons. The number of alkyl halides is 6. The fourth-order valence-electron chi connectivity index (χ4n) is 4.05. The van der Waals surface area contributed by atoms with Crippen LogP contribution in [0.15, 0.2) is 29.2 Å². The van der Waals surface area contributed by atoms with Crippen LogP contribution in [0.1, 0.15) is 24.8 Å². The molecule has 6 nitrogen and oxygen atoms in total. The van der Waals surface area contributed by atoms with Crippen molar-refractivity contribution in [3.63, 3.8) is 0 Å². The van der Waals surface area contributed by atoms with Crippen LogP contribution in [0.3, 0.4) is 0 Å².